The van der Waals surface area contributed by atoms with Crippen molar-refractivity contribution in [3.8, 4) is 11.1 Å². The molecule has 0 aliphatic heterocycles. The molecule has 35 heavy (non-hydrogen) atoms. The Kier molecular flexibility index (Phi) is 8.03. The van der Waals surface area contributed by atoms with Crippen molar-refractivity contribution in [2.45, 2.75) is 26.6 Å². The van der Waals surface area contributed by atoms with Gasteiger partial charge in [0.25, 0.3) is 0 Å². The van der Waals surface area contributed by atoms with Crippen LogP contribution in [0.15, 0.2) is 72.7 Å². The maximum absolute atomic E-state index is 12.9. The number of alkyl halides is 3. The predicted molar refractivity (Wildman–Crippen MR) is 129 cm³/mol. The molecule has 0 atom stereocenters. The van der Waals surface area contributed by atoms with Crippen molar-refractivity contribution in [2.24, 2.45) is 0 Å². The van der Waals surface area contributed by atoms with Crippen LogP contribution < -0.4 is 10.6 Å². The number of urea groups is 1. The van der Waals surface area contributed by atoms with E-state index in [2.05, 4.69) is 22.3 Å². The standard InChI is InChI=1S/C26H25F3N4O2/c1-17-11-12-30-18(2)24(17)20-9-7-19(8-10-20)14-33(3)15-23(16-34)32-25(35)31-22-6-4-5-21(13-22)26(27,28)29/h4-13,15,34H,3,14,16H2,1-2H3,(H-,31,32,35)/p+1/b23-15+. The van der Waals surface area contributed by atoms with E-state index in [0.29, 0.717) is 6.54 Å². The summed E-state index contributed by atoms with van der Waals surface area (Å²) in [6, 6.07) is 13.4. The van der Waals surface area contributed by atoms with Crippen LogP contribution >= 0.6 is 0 Å². The summed E-state index contributed by atoms with van der Waals surface area (Å²) >= 11 is 0. The highest BCUT2D eigenvalue weighted by molar-refractivity contribution is 5.90. The number of pyridine rings is 1. The van der Waals surface area contributed by atoms with E-state index >= 15 is 0 Å². The minimum absolute atomic E-state index is 0.0275. The Labute approximate surface area is 201 Å². The van der Waals surface area contributed by atoms with Crippen molar-refractivity contribution in [3.63, 3.8) is 0 Å². The number of aliphatic hydroxyl groups is 1. The molecule has 6 nitrogen and oxygen atoms in total. The lowest BCUT2D eigenvalue weighted by Crippen LogP contribution is -2.30. The molecular formula is C26H26F3N4O2+. The van der Waals surface area contributed by atoms with Crippen molar-refractivity contribution in [3.05, 3.63) is 95.1 Å². The molecule has 0 bridgehead atoms. The number of carbonyl (C=O) groups is 1. The van der Waals surface area contributed by atoms with Crippen LogP contribution in [0.3, 0.4) is 0 Å². The zero-order valence-corrected chi connectivity index (χ0v) is 19.4. The molecule has 3 N–H and O–H groups in total. The fourth-order valence-electron chi connectivity index (χ4n) is 3.60. The van der Waals surface area contributed by atoms with Crippen molar-refractivity contribution < 1.29 is 27.6 Å². The zero-order valence-electron chi connectivity index (χ0n) is 19.4. The molecule has 9 heteroatoms. The molecular weight excluding hydrogens is 457 g/mol. The Morgan fingerprint density at radius 2 is 1.86 bits per heavy atom. The second-order valence-corrected chi connectivity index (χ2v) is 8.00. The van der Waals surface area contributed by atoms with Crippen LogP contribution in [-0.2, 0) is 12.7 Å². The van der Waals surface area contributed by atoms with Crippen LogP contribution in [0, 0.1) is 13.8 Å². The summed E-state index contributed by atoms with van der Waals surface area (Å²) in [6.45, 7) is 7.79. The van der Waals surface area contributed by atoms with Gasteiger partial charge in [0.2, 0.25) is 0 Å². The summed E-state index contributed by atoms with van der Waals surface area (Å²) in [5, 5.41) is 14.4. The minimum atomic E-state index is -4.52. The molecule has 0 aliphatic carbocycles. The maximum Gasteiger partial charge on any atom is 0.416 e. The van der Waals surface area contributed by atoms with E-state index < -0.39 is 24.4 Å². The van der Waals surface area contributed by atoms with E-state index in [0.717, 1.165) is 40.1 Å². The molecule has 2 aromatic carbocycles. The molecule has 0 saturated heterocycles. The number of carbonyl (C=O) groups excluding carboxylic acids is 1. The fraction of sp³-hybridized carbons (Fsp3) is 0.192. The van der Waals surface area contributed by atoms with Gasteiger partial charge in [-0.1, -0.05) is 30.3 Å². The van der Waals surface area contributed by atoms with Crippen molar-refractivity contribution >= 4 is 18.4 Å². The lowest BCUT2D eigenvalue weighted by molar-refractivity contribution is -0.466. The summed E-state index contributed by atoms with van der Waals surface area (Å²) in [4.78, 5) is 16.6. The fourth-order valence-corrected chi connectivity index (χ4v) is 3.60. The largest absolute Gasteiger partial charge is 0.416 e. The van der Waals surface area contributed by atoms with Gasteiger partial charge < -0.3 is 15.7 Å². The molecule has 0 saturated carbocycles. The quantitative estimate of drug-likeness (QED) is 0.317. The Morgan fingerprint density at radius 1 is 1.14 bits per heavy atom. The van der Waals surface area contributed by atoms with Crippen LogP contribution in [0.5, 0.6) is 0 Å². The first kappa shape index (κ1) is 25.6. The molecule has 0 spiro atoms. The molecule has 1 aromatic heterocycles. The number of hydrogen-bond acceptors (Lipinski definition) is 3. The Morgan fingerprint density at radius 3 is 2.49 bits per heavy atom. The first-order valence-corrected chi connectivity index (χ1v) is 10.7. The molecule has 182 valence electrons. The minimum Gasteiger partial charge on any atom is -0.390 e. The third-order valence-corrected chi connectivity index (χ3v) is 5.21. The molecule has 0 unspecified atom stereocenters. The third-order valence-electron chi connectivity index (χ3n) is 5.21. The lowest BCUT2D eigenvalue weighted by Gasteiger charge is -2.11. The predicted octanol–water partition coefficient (Wildman–Crippen LogP) is 5.25. The van der Waals surface area contributed by atoms with Gasteiger partial charge in [0.15, 0.2) is 12.7 Å². The van der Waals surface area contributed by atoms with Crippen molar-refractivity contribution in [2.75, 3.05) is 11.9 Å². The number of nitrogens with zero attached hydrogens (tertiary/aromatic N) is 2. The Hall–Kier alpha value is -3.98. The van der Waals surface area contributed by atoms with E-state index in [1.165, 1.54) is 22.9 Å². The zero-order chi connectivity index (χ0) is 25.6. The average Bonchev–Trinajstić information content (AvgIpc) is 2.79. The van der Waals surface area contributed by atoms with Crippen LogP contribution in [0.1, 0.15) is 22.4 Å². The SMILES string of the molecule is C=[N+](/C=C(\CO)NC(=O)Nc1cccc(C(F)(F)F)c1)Cc1ccc(-c2c(C)ccnc2C)cc1. The smallest absolute Gasteiger partial charge is 0.390 e. The van der Waals surface area contributed by atoms with Gasteiger partial charge in [0.1, 0.15) is 12.4 Å². The van der Waals surface area contributed by atoms with E-state index in [9.17, 15) is 23.1 Å². The van der Waals surface area contributed by atoms with Gasteiger partial charge in [-0.25, -0.2) is 9.37 Å². The number of aliphatic hydroxyl groups excluding tert-OH is 1. The topological polar surface area (TPSA) is 77.3 Å². The number of anilines is 1. The Bertz CT molecular complexity index is 1230. The van der Waals surface area contributed by atoms with Gasteiger partial charge in [-0.15, -0.1) is 0 Å². The first-order chi connectivity index (χ1) is 16.6. The number of nitrogens with one attached hydrogen (secondary N) is 2. The lowest BCUT2D eigenvalue weighted by atomic mass is 9.98. The molecule has 3 aromatic rings. The van der Waals surface area contributed by atoms with E-state index in [-0.39, 0.29) is 11.4 Å². The number of amides is 2. The third kappa shape index (κ3) is 7.00. The number of aryl methyl sites for hydroxylation is 2. The Balaban J connectivity index is 1.63. The highest BCUT2D eigenvalue weighted by atomic mass is 19.4. The van der Waals surface area contributed by atoms with Gasteiger partial charge in [0.05, 0.1) is 12.2 Å². The van der Waals surface area contributed by atoms with Crippen molar-refractivity contribution in [1.82, 2.24) is 10.3 Å². The normalized spacial score (nSPS) is 11.8. The second kappa shape index (κ2) is 11.0. The van der Waals surface area contributed by atoms with E-state index in [4.69, 9.17) is 0 Å². The van der Waals surface area contributed by atoms with Crippen LogP contribution in [-0.4, -0.2) is 34.0 Å². The van der Waals surface area contributed by atoms with Gasteiger partial charge in [0, 0.05) is 28.7 Å². The summed E-state index contributed by atoms with van der Waals surface area (Å²) in [5.41, 5.74) is 4.39. The highest BCUT2D eigenvalue weighted by Gasteiger charge is 2.30. The highest BCUT2D eigenvalue weighted by Crippen LogP contribution is 2.30. The summed E-state index contributed by atoms with van der Waals surface area (Å²) in [6.07, 6.45) is -1.29. The monoisotopic (exact) mass is 483 g/mol. The van der Waals surface area contributed by atoms with Gasteiger partial charge in [-0.05, 0) is 49.2 Å². The molecule has 0 radical (unpaired) electrons. The number of rotatable bonds is 7. The number of benzene rings is 2. The molecule has 0 fully saturated rings. The first-order valence-electron chi connectivity index (χ1n) is 10.7. The van der Waals surface area contributed by atoms with Crippen LogP contribution in [0.4, 0.5) is 23.7 Å². The summed E-state index contributed by atoms with van der Waals surface area (Å²) < 4.78 is 40.1. The molecule has 3 rings (SSSR count). The van der Waals surface area contributed by atoms with Gasteiger partial charge in [-0.3, -0.25) is 4.98 Å². The van der Waals surface area contributed by atoms with Gasteiger partial charge in [-0.2, -0.15) is 13.2 Å². The second-order valence-electron chi connectivity index (χ2n) is 8.00. The van der Waals surface area contributed by atoms with E-state index in [1.807, 2.05) is 44.2 Å². The van der Waals surface area contributed by atoms with E-state index in [1.54, 1.807) is 6.20 Å². The average molecular weight is 484 g/mol. The summed E-state index contributed by atoms with van der Waals surface area (Å²) in [7, 11) is 0. The molecule has 1 heterocycles. The van der Waals surface area contributed by atoms with Gasteiger partial charge >= 0.3 is 12.2 Å². The van der Waals surface area contributed by atoms with Crippen LogP contribution in [0.25, 0.3) is 11.1 Å². The molecule has 2 amide bonds. The van der Waals surface area contributed by atoms with Crippen LogP contribution in [0.2, 0.25) is 0 Å². The number of aromatic nitrogens is 1. The number of hydrogen-bond donors (Lipinski definition) is 3. The summed E-state index contributed by atoms with van der Waals surface area (Å²) in [5.74, 6) is 0. The molecule has 0 aliphatic rings. The number of halogens is 3. The van der Waals surface area contributed by atoms with Crippen molar-refractivity contribution in [1.29, 1.82) is 0 Å². The maximum atomic E-state index is 12.9.